The summed E-state index contributed by atoms with van der Waals surface area (Å²) in [5, 5.41) is 0. The maximum Gasteiger partial charge on any atom is 0.140 e. The Bertz CT molecular complexity index is 394. The molecule has 1 nitrogen and oxygen atoms in total. The van der Waals surface area contributed by atoms with E-state index >= 15 is 0 Å². The fraction of sp³-hybridized carbons (Fsp3) is 0.364. The van der Waals surface area contributed by atoms with Crippen LogP contribution in [0.1, 0.15) is 30.7 Å². The van der Waals surface area contributed by atoms with Crippen LogP contribution in [-0.4, -0.2) is 5.78 Å². The van der Waals surface area contributed by atoms with Gasteiger partial charge in [0.25, 0.3) is 0 Å². The molecule has 0 radical (unpaired) electrons. The van der Waals surface area contributed by atoms with Gasteiger partial charge in [-0.2, -0.15) is 0 Å². The van der Waals surface area contributed by atoms with Crippen molar-refractivity contribution in [2.75, 3.05) is 0 Å². The van der Waals surface area contributed by atoms with E-state index in [1.807, 2.05) is 0 Å². The summed E-state index contributed by atoms with van der Waals surface area (Å²) in [6.45, 7) is 0. The van der Waals surface area contributed by atoms with Gasteiger partial charge in [-0.15, -0.1) is 0 Å². The molecule has 0 spiro atoms. The van der Waals surface area contributed by atoms with Crippen molar-refractivity contribution in [1.82, 2.24) is 0 Å². The number of carbonyl (C=O) groups excluding carboxylic acids is 1. The molecule has 0 saturated heterocycles. The van der Waals surface area contributed by atoms with Gasteiger partial charge in [0.1, 0.15) is 17.4 Å². The predicted molar refractivity (Wildman–Crippen MR) is 55.7 cm³/mol. The van der Waals surface area contributed by atoms with Crippen LogP contribution in [0.5, 0.6) is 0 Å². The SMILES string of the molecule is O=C1CCCC1c1c(F)cc(F)cc1Br. The molecule has 1 aliphatic rings. The Morgan fingerprint density at radius 1 is 1.33 bits per heavy atom. The highest BCUT2D eigenvalue weighted by Gasteiger charge is 2.30. The van der Waals surface area contributed by atoms with E-state index in [4.69, 9.17) is 0 Å². The highest BCUT2D eigenvalue weighted by molar-refractivity contribution is 9.10. The molecule has 0 N–H and O–H groups in total. The highest BCUT2D eigenvalue weighted by atomic mass is 79.9. The molecule has 80 valence electrons. The van der Waals surface area contributed by atoms with Crippen molar-refractivity contribution in [1.29, 1.82) is 0 Å². The van der Waals surface area contributed by atoms with Crippen molar-refractivity contribution in [3.8, 4) is 0 Å². The topological polar surface area (TPSA) is 17.1 Å². The fourth-order valence-corrected chi connectivity index (χ4v) is 2.69. The smallest absolute Gasteiger partial charge is 0.140 e. The second-order valence-electron chi connectivity index (χ2n) is 3.69. The quantitative estimate of drug-likeness (QED) is 0.765. The summed E-state index contributed by atoms with van der Waals surface area (Å²) in [5.41, 5.74) is 0.305. The largest absolute Gasteiger partial charge is 0.299 e. The molecule has 1 atom stereocenters. The van der Waals surface area contributed by atoms with E-state index in [-0.39, 0.29) is 5.78 Å². The standard InChI is InChI=1S/C11H9BrF2O/c12-8-4-6(13)5-9(14)11(8)7-2-1-3-10(7)15/h4-5,7H,1-3H2. The van der Waals surface area contributed by atoms with E-state index in [1.54, 1.807) is 0 Å². The van der Waals surface area contributed by atoms with Gasteiger partial charge in [-0.1, -0.05) is 15.9 Å². The number of carbonyl (C=O) groups is 1. The summed E-state index contributed by atoms with van der Waals surface area (Å²) >= 11 is 3.10. The highest BCUT2D eigenvalue weighted by Crippen LogP contribution is 2.37. The molecule has 0 aliphatic heterocycles. The van der Waals surface area contributed by atoms with Crippen LogP contribution in [0.4, 0.5) is 8.78 Å². The third-order valence-electron chi connectivity index (χ3n) is 2.70. The van der Waals surface area contributed by atoms with Gasteiger partial charge in [-0.05, 0) is 18.9 Å². The molecule has 1 aliphatic carbocycles. The Labute approximate surface area is 94.6 Å². The molecule has 1 fully saturated rings. The van der Waals surface area contributed by atoms with Crippen LogP contribution in [0.15, 0.2) is 16.6 Å². The summed E-state index contributed by atoms with van der Waals surface area (Å²) in [4.78, 5) is 11.5. The first-order valence-corrected chi connectivity index (χ1v) is 5.56. The molecular formula is C11H9BrF2O. The van der Waals surface area contributed by atoms with Crippen LogP contribution >= 0.6 is 15.9 Å². The normalized spacial score (nSPS) is 21.0. The van der Waals surface area contributed by atoms with E-state index in [0.717, 1.165) is 12.5 Å². The molecular weight excluding hydrogens is 266 g/mol. The van der Waals surface area contributed by atoms with Crippen molar-refractivity contribution < 1.29 is 13.6 Å². The van der Waals surface area contributed by atoms with Crippen LogP contribution < -0.4 is 0 Å². The first kappa shape index (κ1) is 10.7. The minimum Gasteiger partial charge on any atom is -0.299 e. The Morgan fingerprint density at radius 2 is 2.07 bits per heavy atom. The van der Waals surface area contributed by atoms with E-state index in [2.05, 4.69) is 15.9 Å². The zero-order valence-corrected chi connectivity index (χ0v) is 9.48. The minimum absolute atomic E-state index is 0.0428. The summed E-state index contributed by atoms with van der Waals surface area (Å²) in [6.07, 6.45) is 1.93. The summed E-state index contributed by atoms with van der Waals surface area (Å²) in [5.74, 6) is -1.63. The number of hydrogen-bond acceptors (Lipinski definition) is 1. The molecule has 1 unspecified atom stereocenters. The van der Waals surface area contributed by atoms with Crippen LogP contribution in [0.2, 0.25) is 0 Å². The molecule has 0 bridgehead atoms. The van der Waals surface area contributed by atoms with Crippen molar-refractivity contribution >= 4 is 21.7 Å². The average molecular weight is 275 g/mol. The lowest BCUT2D eigenvalue weighted by atomic mass is 9.96. The fourth-order valence-electron chi connectivity index (χ4n) is 2.01. The van der Waals surface area contributed by atoms with E-state index in [9.17, 15) is 13.6 Å². The monoisotopic (exact) mass is 274 g/mol. The Kier molecular flexibility index (Phi) is 2.87. The molecule has 1 saturated carbocycles. The second kappa shape index (κ2) is 4.00. The molecule has 15 heavy (non-hydrogen) atoms. The molecule has 0 heterocycles. The van der Waals surface area contributed by atoms with Gasteiger partial charge in [-0.25, -0.2) is 8.78 Å². The maximum absolute atomic E-state index is 13.5. The average Bonchev–Trinajstić information content (AvgIpc) is 2.50. The van der Waals surface area contributed by atoms with Crippen LogP contribution in [-0.2, 0) is 4.79 Å². The minimum atomic E-state index is -0.637. The van der Waals surface area contributed by atoms with Gasteiger partial charge < -0.3 is 0 Å². The van der Waals surface area contributed by atoms with Crippen molar-refractivity contribution in [3.05, 3.63) is 33.8 Å². The van der Waals surface area contributed by atoms with Gasteiger partial charge >= 0.3 is 0 Å². The van der Waals surface area contributed by atoms with Crippen LogP contribution in [0.3, 0.4) is 0 Å². The van der Waals surface area contributed by atoms with Gasteiger partial charge in [-0.3, -0.25) is 4.79 Å². The summed E-state index contributed by atoms with van der Waals surface area (Å²) < 4.78 is 26.7. The molecule has 1 aromatic carbocycles. The number of halogens is 3. The number of rotatable bonds is 1. The zero-order valence-electron chi connectivity index (χ0n) is 7.90. The maximum atomic E-state index is 13.5. The van der Waals surface area contributed by atoms with E-state index in [0.29, 0.717) is 22.9 Å². The number of Topliss-reactive ketones (excluding diaryl/α,β-unsaturated/α-hetero) is 1. The van der Waals surface area contributed by atoms with Crippen molar-refractivity contribution in [3.63, 3.8) is 0 Å². The number of ketones is 1. The molecule has 0 aromatic heterocycles. The Morgan fingerprint density at radius 3 is 2.60 bits per heavy atom. The van der Waals surface area contributed by atoms with Crippen LogP contribution in [0.25, 0.3) is 0 Å². The van der Waals surface area contributed by atoms with Gasteiger partial charge in [0.05, 0.1) is 0 Å². The van der Waals surface area contributed by atoms with E-state index < -0.39 is 17.6 Å². The van der Waals surface area contributed by atoms with Gasteiger partial charge in [0, 0.05) is 28.4 Å². The second-order valence-corrected chi connectivity index (χ2v) is 4.55. The van der Waals surface area contributed by atoms with Gasteiger partial charge in [0.2, 0.25) is 0 Å². The predicted octanol–water partition coefficient (Wildman–Crippen LogP) is 3.56. The molecule has 2 rings (SSSR count). The first-order valence-electron chi connectivity index (χ1n) is 4.76. The first-order chi connectivity index (χ1) is 7.09. The van der Waals surface area contributed by atoms with Crippen molar-refractivity contribution in [2.24, 2.45) is 0 Å². The lowest BCUT2D eigenvalue weighted by Gasteiger charge is -2.11. The van der Waals surface area contributed by atoms with Crippen LogP contribution in [0, 0.1) is 11.6 Å². The molecule has 1 aromatic rings. The Balaban J connectivity index is 2.47. The zero-order chi connectivity index (χ0) is 11.0. The Hall–Kier alpha value is -0.770. The lowest BCUT2D eigenvalue weighted by molar-refractivity contribution is -0.118. The molecule has 4 heteroatoms. The lowest BCUT2D eigenvalue weighted by Crippen LogP contribution is -2.08. The third-order valence-corrected chi connectivity index (χ3v) is 3.35. The molecule has 0 amide bonds. The number of hydrogen-bond donors (Lipinski definition) is 0. The third kappa shape index (κ3) is 1.95. The van der Waals surface area contributed by atoms with Gasteiger partial charge in [0.15, 0.2) is 0 Å². The summed E-state index contributed by atoms with van der Waals surface area (Å²) in [7, 11) is 0. The van der Waals surface area contributed by atoms with Crippen molar-refractivity contribution in [2.45, 2.75) is 25.2 Å². The van der Waals surface area contributed by atoms with E-state index in [1.165, 1.54) is 6.07 Å². The number of benzene rings is 1. The summed E-state index contributed by atoms with van der Waals surface area (Å²) in [6, 6.07) is 2.02.